The number of carbonyl (C=O) groups is 2. The first kappa shape index (κ1) is 20.7. The Kier molecular flexibility index (Phi) is 7.33. The largest absolute Gasteiger partial charge is 0.325 e. The van der Waals surface area contributed by atoms with Crippen molar-refractivity contribution in [3.63, 3.8) is 0 Å². The molecular formula is C19H15Cl2N3O2S2. The van der Waals surface area contributed by atoms with Gasteiger partial charge in [-0.25, -0.2) is 4.98 Å². The standard InChI is InChI=1S/C19H15Cl2N3O2S2/c20-15-2-1-3-16(21)14(15)10-27-11-17(25)23-13-6-4-12(5-7-13)18(26)24-19-22-8-9-28-19/h1-9H,10-11H2,(H,23,25)(H,22,24,26). The van der Waals surface area contributed by atoms with Crippen LogP contribution < -0.4 is 10.6 Å². The first-order valence-corrected chi connectivity index (χ1v) is 10.9. The van der Waals surface area contributed by atoms with Crippen molar-refractivity contribution in [3.8, 4) is 0 Å². The van der Waals surface area contributed by atoms with E-state index in [1.54, 1.807) is 54.0 Å². The molecular weight excluding hydrogens is 437 g/mol. The average molecular weight is 452 g/mol. The Hall–Kier alpha value is -2.06. The maximum absolute atomic E-state index is 12.1. The zero-order valence-corrected chi connectivity index (χ0v) is 17.6. The third-order valence-corrected chi connectivity index (χ3v) is 5.98. The van der Waals surface area contributed by atoms with Gasteiger partial charge in [0.25, 0.3) is 5.91 Å². The van der Waals surface area contributed by atoms with E-state index >= 15 is 0 Å². The lowest BCUT2D eigenvalue weighted by Crippen LogP contribution is -2.15. The fourth-order valence-electron chi connectivity index (χ4n) is 2.27. The van der Waals surface area contributed by atoms with Crippen molar-refractivity contribution in [1.82, 2.24) is 4.98 Å². The Morgan fingerprint density at radius 2 is 1.75 bits per heavy atom. The van der Waals surface area contributed by atoms with E-state index in [0.717, 1.165) is 5.56 Å². The van der Waals surface area contributed by atoms with Crippen molar-refractivity contribution in [2.45, 2.75) is 5.75 Å². The Morgan fingerprint density at radius 3 is 2.39 bits per heavy atom. The summed E-state index contributed by atoms with van der Waals surface area (Å²) in [5.41, 5.74) is 1.92. The van der Waals surface area contributed by atoms with Crippen LogP contribution in [-0.2, 0) is 10.5 Å². The molecule has 0 spiro atoms. The van der Waals surface area contributed by atoms with E-state index in [1.165, 1.54) is 23.1 Å². The second kappa shape index (κ2) is 9.93. The fraction of sp³-hybridized carbons (Fsp3) is 0.105. The molecule has 0 aliphatic heterocycles. The van der Waals surface area contributed by atoms with Gasteiger partial charge in [0.1, 0.15) is 0 Å². The Bertz CT molecular complexity index is 944. The predicted molar refractivity (Wildman–Crippen MR) is 118 cm³/mol. The van der Waals surface area contributed by atoms with E-state index in [2.05, 4.69) is 15.6 Å². The van der Waals surface area contributed by atoms with E-state index in [1.807, 2.05) is 0 Å². The number of anilines is 2. The van der Waals surface area contributed by atoms with Crippen LogP contribution in [0.3, 0.4) is 0 Å². The maximum atomic E-state index is 12.1. The van der Waals surface area contributed by atoms with E-state index in [4.69, 9.17) is 23.2 Å². The number of thioether (sulfide) groups is 1. The molecule has 0 bridgehead atoms. The number of hydrogen-bond donors (Lipinski definition) is 2. The first-order valence-electron chi connectivity index (χ1n) is 8.14. The van der Waals surface area contributed by atoms with Gasteiger partial charge in [0.2, 0.25) is 5.91 Å². The molecule has 0 fully saturated rings. The molecule has 9 heteroatoms. The summed E-state index contributed by atoms with van der Waals surface area (Å²) in [6, 6.07) is 12.0. The van der Waals surface area contributed by atoms with Crippen LogP contribution in [0, 0.1) is 0 Å². The van der Waals surface area contributed by atoms with Crippen molar-refractivity contribution in [3.05, 3.63) is 75.2 Å². The molecule has 3 aromatic rings. The summed E-state index contributed by atoms with van der Waals surface area (Å²) >= 11 is 15.0. The van der Waals surface area contributed by atoms with Crippen molar-refractivity contribution in [2.75, 3.05) is 16.4 Å². The van der Waals surface area contributed by atoms with E-state index in [0.29, 0.717) is 32.2 Å². The molecule has 0 atom stereocenters. The summed E-state index contributed by atoms with van der Waals surface area (Å²) in [5.74, 6) is 0.406. The number of carbonyl (C=O) groups excluding carboxylic acids is 2. The molecule has 0 saturated carbocycles. The van der Waals surface area contributed by atoms with E-state index in [9.17, 15) is 9.59 Å². The molecule has 1 heterocycles. The van der Waals surface area contributed by atoms with Crippen LogP contribution in [-0.4, -0.2) is 22.6 Å². The van der Waals surface area contributed by atoms with Crippen LogP contribution in [0.2, 0.25) is 10.0 Å². The second-order valence-corrected chi connectivity index (χ2v) is 8.30. The number of benzene rings is 2. The normalized spacial score (nSPS) is 10.5. The highest BCUT2D eigenvalue weighted by molar-refractivity contribution is 7.99. The van der Waals surface area contributed by atoms with Gasteiger partial charge in [0, 0.05) is 38.6 Å². The van der Waals surface area contributed by atoms with Gasteiger partial charge in [-0.2, -0.15) is 0 Å². The van der Waals surface area contributed by atoms with Gasteiger partial charge < -0.3 is 5.32 Å². The lowest BCUT2D eigenvalue weighted by atomic mass is 10.2. The van der Waals surface area contributed by atoms with Crippen LogP contribution in [0.5, 0.6) is 0 Å². The average Bonchev–Trinajstić information content (AvgIpc) is 3.18. The quantitative estimate of drug-likeness (QED) is 0.492. The number of aromatic nitrogens is 1. The molecule has 28 heavy (non-hydrogen) atoms. The van der Waals surface area contributed by atoms with Gasteiger partial charge in [0.05, 0.1) is 5.75 Å². The summed E-state index contributed by atoms with van der Waals surface area (Å²) in [4.78, 5) is 28.2. The molecule has 0 aliphatic carbocycles. The molecule has 2 amide bonds. The molecule has 144 valence electrons. The minimum absolute atomic E-state index is 0.145. The summed E-state index contributed by atoms with van der Waals surface area (Å²) in [7, 11) is 0. The Morgan fingerprint density at radius 1 is 1.04 bits per heavy atom. The Balaban J connectivity index is 1.48. The fourth-order valence-corrected chi connectivity index (χ4v) is 4.36. The van der Waals surface area contributed by atoms with Crippen LogP contribution in [0.15, 0.2) is 54.0 Å². The molecule has 5 nitrogen and oxygen atoms in total. The SMILES string of the molecule is O=C(CSCc1c(Cl)cccc1Cl)Nc1ccc(C(=O)Nc2nccs2)cc1. The third-order valence-electron chi connectivity index (χ3n) is 3.62. The molecule has 2 aromatic carbocycles. The zero-order chi connectivity index (χ0) is 19.9. The third kappa shape index (κ3) is 5.72. The van der Waals surface area contributed by atoms with Crippen molar-refractivity contribution in [1.29, 1.82) is 0 Å². The molecule has 2 N–H and O–H groups in total. The minimum Gasteiger partial charge on any atom is -0.325 e. The van der Waals surface area contributed by atoms with Crippen LogP contribution in [0.1, 0.15) is 15.9 Å². The van der Waals surface area contributed by atoms with Crippen LogP contribution in [0.4, 0.5) is 10.8 Å². The number of thiazole rings is 1. The van der Waals surface area contributed by atoms with E-state index < -0.39 is 0 Å². The van der Waals surface area contributed by atoms with Crippen LogP contribution >= 0.6 is 46.3 Å². The lowest BCUT2D eigenvalue weighted by Gasteiger charge is -2.08. The maximum Gasteiger partial charge on any atom is 0.257 e. The molecule has 0 saturated heterocycles. The molecule has 0 unspecified atom stereocenters. The first-order chi connectivity index (χ1) is 13.5. The number of rotatable bonds is 7. The highest BCUT2D eigenvalue weighted by Crippen LogP contribution is 2.28. The number of nitrogens with zero attached hydrogens (tertiary/aromatic N) is 1. The number of amides is 2. The zero-order valence-electron chi connectivity index (χ0n) is 14.4. The summed E-state index contributed by atoms with van der Waals surface area (Å²) in [6.07, 6.45) is 1.62. The summed E-state index contributed by atoms with van der Waals surface area (Å²) in [5, 5.41) is 9.01. The van der Waals surface area contributed by atoms with Crippen molar-refractivity contribution < 1.29 is 9.59 Å². The molecule has 0 aliphatic rings. The second-order valence-electron chi connectivity index (χ2n) is 5.61. The predicted octanol–water partition coefficient (Wildman–Crippen LogP) is 5.57. The molecule has 3 rings (SSSR count). The van der Waals surface area contributed by atoms with Gasteiger partial charge in [-0.15, -0.1) is 23.1 Å². The lowest BCUT2D eigenvalue weighted by molar-refractivity contribution is -0.113. The smallest absolute Gasteiger partial charge is 0.257 e. The van der Waals surface area contributed by atoms with Gasteiger partial charge in [-0.05, 0) is 42.0 Å². The Labute approximate surface area is 180 Å². The number of hydrogen-bond acceptors (Lipinski definition) is 5. The highest BCUT2D eigenvalue weighted by Gasteiger charge is 2.10. The topological polar surface area (TPSA) is 71.1 Å². The van der Waals surface area contributed by atoms with Crippen molar-refractivity contribution in [2.24, 2.45) is 0 Å². The highest BCUT2D eigenvalue weighted by atomic mass is 35.5. The van der Waals surface area contributed by atoms with E-state index in [-0.39, 0.29) is 17.6 Å². The summed E-state index contributed by atoms with van der Waals surface area (Å²) < 4.78 is 0. The minimum atomic E-state index is -0.250. The number of halogens is 2. The van der Waals surface area contributed by atoms with Crippen molar-refractivity contribution >= 4 is 68.9 Å². The molecule has 0 radical (unpaired) electrons. The van der Waals surface area contributed by atoms with Gasteiger partial charge >= 0.3 is 0 Å². The molecule has 1 aromatic heterocycles. The monoisotopic (exact) mass is 451 g/mol. The van der Waals surface area contributed by atoms with Gasteiger partial charge in [-0.1, -0.05) is 29.3 Å². The van der Waals surface area contributed by atoms with Gasteiger partial charge in [0.15, 0.2) is 5.13 Å². The van der Waals surface area contributed by atoms with Crippen LogP contribution in [0.25, 0.3) is 0 Å². The van der Waals surface area contributed by atoms with Gasteiger partial charge in [-0.3, -0.25) is 14.9 Å². The summed E-state index contributed by atoms with van der Waals surface area (Å²) in [6.45, 7) is 0. The number of nitrogens with one attached hydrogen (secondary N) is 2.